The van der Waals surface area contributed by atoms with Crippen molar-refractivity contribution in [3.63, 3.8) is 0 Å². The van der Waals surface area contributed by atoms with Crippen molar-refractivity contribution in [2.45, 2.75) is 13.3 Å². The summed E-state index contributed by atoms with van der Waals surface area (Å²) in [6.45, 7) is 1.73. The van der Waals surface area contributed by atoms with E-state index in [1.165, 1.54) is 0 Å². The van der Waals surface area contributed by atoms with Gasteiger partial charge in [-0.25, -0.2) is 0 Å². The Kier molecular flexibility index (Phi) is 6.36. The predicted octanol–water partition coefficient (Wildman–Crippen LogP) is 4.82. The molecule has 0 aliphatic carbocycles. The van der Waals surface area contributed by atoms with Crippen LogP contribution >= 0.6 is 31.9 Å². The highest BCUT2D eigenvalue weighted by Gasteiger charge is 2.09. The van der Waals surface area contributed by atoms with E-state index in [1.54, 1.807) is 37.3 Å². The minimum Gasteiger partial charge on any atom is -0.484 e. The maximum atomic E-state index is 12.1. The molecule has 0 fully saturated rings. The van der Waals surface area contributed by atoms with Gasteiger partial charge in [0.2, 0.25) is 5.91 Å². The van der Waals surface area contributed by atoms with Gasteiger partial charge in [0.25, 0.3) is 0 Å². The van der Waals surface area contributed by atoms with E-state index >= 15 is 0 Å². The summed E-state index contributed by atoms with van der Waals surface area (Å²) in [5.74, 6) is 0.411. The average molecular weight is 441 g/mol. The van der Waals surface area contributed by atoms with Crippen LogP contribution in [0.3, 0.4) is 0 Å². The lowest BCUT2D eigenvalue weighted by molar-refractivity contribution is -0.115. The molecule has 0 aromatic heterocycles. The Labute approximate surface area is 151 Å². The van der Waals surface area contributed by atoms with Gasteiger partial charge in [-0.2, -0.15) is 0 Å². The average Bonchev–Trinajstić information content (AvgIpc) is 2.54. The molecule has 6 heteroatoms. The summed E-state index contributed by atoms with van der Waals surface area (Å²) < 4.78 is 7.23. The first-order chi connectivity index (χ1) is 11.0. The van der Waals surface area contributed by atoms with E-state index in [0.717, 1.165) is 8.95 Å². The first kappa shape index (κ1) is 17.7. The van der Waals surface area contributed by atoms with Gasteiger partial charge in [0.15, 0.2) is 12.4 Å². The van der Waals surface area contributed by atoms with Crippen LogP contribution in [0.25, 0.3) is 0 Å². The number of anilines is 1. The maximum absolute atomic E-state index is 12.1. The van der Waals surface area contributed by atoms with Gasteiger partial charge < -0.3 is 10.1 Å². The van der Waals surface area contributed by atoms with Gasteiger partial charge in [-0.3, -0.25) is 9.59 Å². The number of carbonyl (C=O) groups excluding carboxylic acids is 2. The van der Waals surface area contributed by atoms with Gasteiger partial charge in [0.05, 0.1) is 4.47 Å². The number of Topliss-reactive ketones (excluding diaryl/α,β-unsaturated/α-hetero) is 1. The van der Waals surface area contributed by atoms with Crippen molar-refractivity contribution in [3.8, 4) is 5.75 Å². The molecule has 0 saturated carbocycles. The van der Waals surface area contributed by atoms with Gasteiger partial charge >= 0.3 is 0 Å². The zero-order chi connectivity index (χ0) is 16.8. The smallest absolute Gasteiger partial charge is 0.224 e. The highest BCUT2D eigenvalue weighted by atomic mass is 79.9. The molecule has 0 bridgehead atoms. The molecule has 0 spiro atoms. The molecule has 0 radical (unpaired) electrons. The summed E-state index contributed by atoms with van der Waals surface area (Å²) in [6, 6.07) is 12.2. The van der Waals surface area contributed by atoms with E-state index in [1.807, 2.05) is 12.1 Å². The monoisotopic (exact) mass is 439 g/mol. The van der Waals surface area contributed by atoms with E-state index in [0.29, 0.717) is 23.4 Å². The molecule has 1 amide bonds. The summed E-state index contributed by atoms with van der Waals surface area (Å²) in [6.07, 6.45) is 0.413. The van der Waals surface area contributed by atoms with Gasteiger partial charge in [0.1, 0.15) is 5.75 Å². The molecule has 0 aliphatic heterocycles. The Morgan fingerprint density at radius 1 is 1.09 bits per heavy atom. The fourth-order valence-corrected chi connectivity index (χ4v) is 2.97. The number of carbonyl (C=O) groups is 2. The quantitative estimate of drug-likeness (QED) is 0.655. The van der Waals surface area contributed by atoms with Crippen LogP contribution in [0.4, 0.5) is 5.69 Å². The van der Waals surface area contributed by atoms with Crippen molar-refractivity contribution in [2.24, 2.45) is 0 Å². The van der Waals surface area contributed by atoms with Crippen molar-refractivity contribution in [2.75, 3.05) is 11.9 Å². The van der Waals surface area contributed by atoms with Gasteiger partial charge in [-0.05, 0) is 58.4 Å². The first-order valence-electron chi connectivity index (χ1n) is 7.00. The highest BCUT2D eigenvalue weighted by Crippen LogP contribution is 2.28. The normalized spacial score (nSPS) is 10.2. The molecule has 0 atom stereocenters. The van der Waals surface area contributed by atoms with Gasteiger partial charge in [-0.1, -0.05) is 22.9 Å². The van der Waals surface area contributed by atoms with Crippen molar-refractivity contribution in [1.82, 2.24) is 0 Å². The second-order valence-corrected chi connectivity index (χ2v) is 6.54. The Bertz CT molecular complexity index is 714. The van der Waals surface area contributed by atoms with Crippen LogP contribution in [-0.2, 0) is 4.79 Å². The Morgan fingerprint density at radius 2 is 1.78 bits per heavy atom. The largest absolute Gasteiger partial charge is 0.484 e. The fraction of sp³-hybridized carbons (Fsp3) is 0.176. The number of rotatable bonds is 6. The van der Waals surface area contributed by atoms with E-state index in [9.17, 15) is 9.59 Å². The fourth-order valence-electron chi connectivity index (χ4n) is 1.81. The molecule has 2 rings (SSSR count). The summed E-state index contributed by atoms with van der Waals surface area (Å²) in [4.78, 5) is 23.5. The number of amides is 1. The van der Waals surface area contributed by atoms with Crippen molar-refractivity contribution in [3.05, 3.63) is 57.0 Å². The minimum atomic E-state index is -0.131. The molecule has 120 valence electrons. The lowest BCUT2D eigenvalue weighted by atomic mass is 10.1. The van der Waals surface area contributed by atoms with Crippen LogP contribution in [0, 0.1) is 0 Å². The lowest BCUT2D eigenvalue weighted by Crippen LogP contribution is -2.12. The van der Waals surface area contributed by atoms with Crippen molar-refractivity contribution < 1.29 is 14.3 Å². The standard InChI is InChI=1S/C17H15Br2NO3/c1-2-17(22)20-13-6-3-11(4-7-13)15(21)10-23-16-8-5-12(18)9-14(16)19/h3-9H,2,10H2,1H3,(H,20,22). The molecule has 0 saturated heterocycles. The first-order valence-corrected chi connectivity index (χ1v) is 8.59. The zero-order valence-electron chi connectivity index (χ0n) is 12.4. The molecule has 0 heterocycles. The second kappa shape index (κ2) is 8.26. The second-order valence-electron chi connectivity index (χ2n) is 4.77. The van der Waals surface area contributed by atoms with Crippen LogP contribution in [0.5, 0.6) is 5.75 Å². The maximum Gasteiger partial charge on any atom is 0.224 e. The van der Waals surface area contributed by atoms with Crippen LogP contribution in [0.2, 0.25) is 0 Å². The number of nitrogens with one attached hydrogen (secondary N) is 1. The third-order valence-corrected chi connectivity index (χ3v) is 4.18. The van der Waals surface area contributed by atoms with E-state index in [-0.39, 0.29) is 18.3 Å². The molecular formula is C17H15Br2NO3. The highest BCUT2D eigenvalue weighted by molar-refractivity contribution is 9.11. The minimum absolute atomic E-state index is 0.0547. The molecule has 0 unspecified atom stereocenters. The third-order valence-electron chi connectivity index (χ3n) is 3.06. The number of hydrogen-bond donors (Lipinski definition) is 1. The summed E-state index contributed by atoms with van der Waals surface area (Å²) in [5.41, 5.74) is 1.21. The molecule has 23 heavy (non-hydrogen) atoms. The molecule has 2 aromatic rings. The van der Waals surface area contributed by atoms with Crippen LogP contribution < -0.4 is 10.1 Å². The van der Waals surface area contributed by atoms with E-state index in [2.05, 4.69) is 37.2 Å². The number of ether oxygens (including phenoxy) is 1. The van der Waals surface area contributed by atoms with Crippen LogP contribution in [0.1, 0.15) is 23.7 Å². The molecule has 4 nitrogen and oxygen atoms in total. The number of benzene rings is 2. The lowest BCUT2D eigenvalue weighted by Gasteiger charge is -2.08. The molecule has 0 aliphatic rings. The zero-order valence-corrected chi connectivity index (χ0v) is 15.6. The van der Waals surface area contributed by atoms with E-state index < -0.39 is 0 Å². The van der Waals surface area contributed by atoms with Crippen LogP contribution in [0.15, 0.2) is 51.4 Å². The Balaban J connectivity index is 1.96. The number of ketones is 1. The molecular weight excluding hydrogens is 426 g/mol. The third kappa shape index (κ3) is 5.18. The van der Waals surface area contributed by atoms with Crippen molar-refractivity contribution >= 4 is 49.2 Å². The summed E-state index contributed by atoms with van der Waals surface area (Å²) in [5, 5.41) is 2.74. The number of halogens is 2. The Hall–Kier alpha value is -1.66. The Morgan fingerprint density at radius 3 is 2.39 bits per heavy atom. The van der Waals surface area contributed by atoms with Gasteiger partial charge in [-0.15, -0.1) is 0 Å². The van der Waals surface area contributed by atoms with Crippen molar-refractivity contribution in [1.29, 1.82) is 0 Å². The summed E-state index contributed by atoms with van der Waals surface area (Å²) >= 11 is 6.75. The van der Waals surface area contributed by atoms with Gasteiger partial charge in [0, 0.05) is 22.1 Å². The molecule has 2 aromatic carbocycles. The predicted molar refractivity (Wildman–Crippen MR) is 97.0 cm³/mol. The molecule has 1 N–H and O–H groups in total. The topological polar surface area (TPSA) is 55.4 Å². The SMILES string of the molecule is CCC(=O)Nc1ccc(C(=O)COc2ccc(Br)cc2Br)cc1. The number of hydrogen-bond acceptors (Lipinski definition) is 3. The van der Waals surface area contributed by atoms with Crippen LogP contribution in [-0.4, -0.2) is 18.3 Å². The summed E-state index contributed by atoms with van der Waals surface area (Å²) in [7, 11) is 0. The van der Waals surface area contributed by atoms with E-state index in [4.69, 9.17) is 4.74 Å².